The highest BCUT2D eigenvalue weighted by Gasteiger charge is 2.33. The van der Waals surface area contributed by atoms with Gasteiger partial charge in [0.1, 0.15) is 19.3 Å². The van der Waals surface area contributed by atoms with Crippen LogP contribution in [0.1, 0.15) is 41.0 Å². The van der Waals surface area contributed by atoms with E-state index in [4.69, 9.17) is 9.47 Å². The zero-order valence-electron chi connectivity index (χ0n) is 21.6. The molecule has 0 aromatic heterocycles. The van der Waals surface area contributed by atoms with Gasteiger partial charge in [-0.2, -0.15) is 8.78 Å². The van der Waals surface area contributed by atoms with Gasteiger partial charge in [0.25, 0.3) is 0 Å². The van der Waals surface area contributed by atoms with Gasteiger partial charge in [-0.1, -0.05) is 43.7 Å². The molecule has 2 aromatic carbocycles. The number of alkyl carbamates (subject to hydrolysis) is 1. The Kier molecular flexibility index (Phi) is 10.9. The average molecular weight is 572 g/mol. The molecule has 1 fully saturated rings. The zero-order chi connectivity index (χ0) is 29.2. The van der Waals surface area contributed by atoms with Gasteiger partial charge in [0.05, 0.1) is 6.04 Å². The summed E-state index contributed by atoms with van der Waals surface area (Å²) < 4.78 is 64.9. The van der Waals surface area contributed by atoms with Crippen molar-refractivity contribution in [1.29, 1.82) is 0 Å². The van der Waals surface area contributed by atoms with Crippen LogP contribution >= 0.6 is 0 Å². The average Bonchev–Trinajstić information content (AvgIpc) is 3.34. The Morgan fingerprint density at radius 1 is 1.05 bits per heavy atom. The number of carbonyl (C=O) groups is 4. The maximum Gasteiger partial charge on any atom is 0.408 e. The number of benzene rings is 2. The van der Waals surface area contributed by atoms with Crippen molar-refractivity contribution in [2.24, 2.45) is 5.92 Å². The second-order valence-electron chi connectivity index (χ2n) is 9.17. The minimum Gasteiger partial charge on any atom is -0.479 e. The van der Waals surface area contributed by atoms with Crippen molar-refractivity contribution in [2.75, 3.05) is 13.2 Å². The molecule has 3 atom stereocenters. The number of amides is 3. The molecule has 1 aliphatic heterocycles. The van der Waals surface area contributed by atoms with Crippen molar-refractivity contribution in [3.8, 4) is 5.75 Å². The van der Waals surface area contributed by atoms with Crippen LogP contribution in [0.3, 0.4) is 0 Å². The third kappa shape index (κ3) is 8.17. The predicted octanol–water partition coefficient (Wildman–Crippen LogP) is 3.79. The molecular formula is C27H33F4N3O6. The van der Waals surface area contributed by atoms with Crippen LogP contribution in [0.25, 0.3) is 0 Å². The molecule has 3 N–H and O–H groups in total. The van der Waals surface area contributed by atoms with E-state index in [0.717, 1.165) is 5.56 Å². The highest BCUT2D eigenvalue weighted by Crippen LogP contribution is 2.26. The molecule has 1 saturated heterocycles. The van der Waals surface area contributed by atoms with E-state index in [0.29, 0.717) is 19.4 Å². The Bertz CT molecular complexity index is 1220. The number of carbonyl (C=O) groups excluding carboxylic acids is 4. The number of nitrogens with one attached hydrogen (secondary N) is 3. The monoisotopic (exact) mass is 571 g/mol. The van der Waals surface area contributed by atoms with E-state index in [-0.39, 0.29) is 34.3 Å². The highest BCUT2D eigenvalue weighted by molar-refractivity contribution is 5.93. The van der Waals surface area contributed by atoms with E-state index in [2.05, 4.69) is 16.0 Å². The summed E-state index contributed by atoms with van der Waals surface area (Å²) >= 11 is 0. The van der Waals surface area contributed by atoms with Crippen LogP contribution in [0, 0.1) is 29.2 Å². The standard InChI is InChI=1S/C27H29F4N3O6.2H2/c1-2-6-19(34-27(38)40-13-15-7-4-3-5-8-15)26(37)33-20(11-16-9-10-32-25(16)36)21(35)14-39-24-22(30)17(28)12-18(29)23(24)31;;/h3-5,7-8,12,16,19-20H,2,6,9-11,13-14H2,1H3,(H,32,36)(H,33,37)(H,34,38);2*1H. The number of halogens is 4. The van der Waals surface area contributed by atoms with Crippen LogP contribution in [0.5, 0.6) is 5.75 Å². The van der Waals surface area contributed by atoms with Gasteiger partial charge >= 0.3 is 6.09 Å². The topological polar surface area (TPSA) is 123 Å². The summed E-state index contributed by atoms with van der Waals surface area (Å²) in [6, 6.07) is 6.32. The summed E-state index contributed by atoms with van der Waals surface area (Å²) in [5, 5.41) is 7.50. The van der Waals surface area contributed by atoms with Gasteiger partial charge in [-0.15, -0.1) is 0 Å². The van der Waals surface area contributed by atoms with Crippen LogP contribution < -0.4 is 20.7 Å². The molecule has 0 saturated carbocycles. The normalized spacial score (nSPS) is 16.0. The Morgan fingerprint density at radius 3 is 2.33 bits per heavy atom. The van der Waals surface area contributed by atoms with Crippen LogP contribution in [0.4, 0.5) is 22.4 Å². The second-order valence-corrected chi connectivity index (χ2v) is 9.17. The Labute approximate surface area is 230 Å². The molecule has 220 valence electrons. The van der Waals surface area contributed by atoms with Gasteiger partial charge in [-0.05, 0) is 24.8 Å². The van der Waals surface area contributed by atoms with Gasteiger partial charge < -0.3 is 25.4 Å². The Hall–Kier alpha value is -4.16. The number of hydrogen-bond donors (Lipinski definition) is 3. The van der Waals surface area contributed by atoms with Gasteiger partial charge in [-0.3, -0.25) is 14.4 Å². The summed E-state index contributed by atoms with van der Waals surface area (Å²) in [5.41, 5.74) is 0.723. The molecule has 3 amide bonds. The third-order valence-corrected chi connectivity index (χ3v) is 6.22. The smallest absolute Gasteiger partial charge is 0.408 e. The molecule has 0 bridgehead atoms. The van der Waals surface area contributed by atoms with Gasteiger partial charge in [-0.25, -0.2) is 13.6 Å². The lowest BCUT2D eigenvalue weighted by atomic mass is 9.95. The lowest BCUT2D eigenvalue weighted by Gasteiger charge is -2.24. The minimum atomic E-state index is -1.83. The van der Waals surface area contributed by atoms with Crippen molar-refractivity contribution >= 4 is 23.7 Å². The molecule has 0 spiro atoms. The Balaban J connectivity index is 0.00000441. The molecule has 9 nitrogen and oxygen atoms in total. The molecule has 2 aromatic rings. The van der Waals surface area contributed by atoms with E-state index in [1.54, 1.807) is 37.3 Å². The second kappa shape index (κ2) is 14.3. The van der Waals surface area contributed by atoms with Crippen molar-refractivity contribution < 1.29 is 49.1 Å². The van der Waals surface area contributed by atoms with E-state index in [9.17, 15) is 36.7 Å². The molecule has 40 heavy (non-hydrogen) atoms. The first-order chi connectivity index (χ1) is 19.1. The van der Waals surface area contributed by atoms with Crippen molar-refractivity contribution in [3.05, 3.63) is 65.2 Å². The lowest BCUT2D eigenvalue weighted by molar-refractivity contribution is -0.131. The number of ketones is 1. The molecule has 0 radical (unpaired) electrons. The fraction of sp³-hybridized carbons (Fsp3) is 0.407. The maximum absolute atomic E-state index is 14.0. The number of rotatable bonds is 13. The highest BCUT2D eigenvalue weighted by atomic mass is 19.2. The maximum atomic E-state index is 14.0. The summed E-state index contributed by atoms with van der Waals surface area (Å²) in [6.45, 7) is 0.996. The van der Waals surface area contributed by atoms with Crippen LogP contribution in [-0.2, 0) is 25.7 Å². The van der Waals surface area contributed by atoms with Gasteiger partial charge in [0.15, 0.2) is 23.2 Å². The van der Waals surface area contributed by atoms with Crippen LogP contribution in [0.15, 0.2) is 36.4 Å². The van der Waals surface area contributed by atoms with E-state index >= 15 is 0 Å². The first-order valence-corrected chi connectivity index (χ1v) is 12.6. The van der Waals surface area contributed by atoms with E-state index in [1.807, 2.05) is 0 Å². The molecule has 1 aliphatic rings. The summed E-state index contributed by atoms with van der Waals surface area (Å²) in [6.07, 6.45) is -0.0577. The fourth-order valence-corrected chi connectivity index (χ4v) is 4.08. The van der Waals surface area contributed by atoms with E-state index < -0.39 is 71.4 Å². The van der Waals surface area contributed by atoms with Crippen molar-refractivity contribution in [2.45, 2.75) is 51.3 Å². The zero-order valence-corrected chi connectivity index (χ0v) is 21.6. The first-order valence-electron chi connectivity index (χ1n) is 12.6. The largest absolute Gasteiger partial charge is 0.479 e. The molecule has 1 heterocycles. The number of hydrogen-bond acceptors (Lipinski definition) is 6. The summed E-state index contributed by atoms with van der Waals surface area (Å²) in [7, 11) is 0. The molecule has 3 unspecified atom stereocenters. The van der Waals surface area contributed by atoms with Gasteiger partial charge in [0, 0.05) is 21.4 Å². The SMILES string of the molecule is CCCC(NC(=O)OCc1ccccc1)C(=O)NC(CC1CCNC1=O)C(=O)COc1c(F)c(F)cc(F)c1F.[HH].[HH]. The first kappa shape index (κ1) is 30.4. The van der Waals surface area contributed by atoms with Crippen LogP contribution in [0.2, 0.25) is 0 Å². The molecule has 3 rings (SSSR count). The summed E-state index contributed by atoms with van der Waals surface area (Å²) in [5.74, 6) is -11.2. The molecule has 0 aliphatic carbocycles. The minimum absolute atomic E-state index is 0. The Morgan fingerprint density at radius 2 is 1.73 bits per heavy atom. The quantitative estimate of drug-likeness (QED) is 0.248. The molecule has 13 heteroatoms. The van der Waals surface area contributed by atoms with Crippen molar-refractivity contribution in [1.82, 2.24) is 16.0 Å². The third-order valence-electron chi connectivity index (χ3n) is 6.22. The van der Waals surface area contributed by atoms with Crippen LogP contribution in [-0.4, -0.2) is 48.9 Å². The summed E-state index contributed by atoms with van der Waals surface area (Å²) in [4.78, 5) is 50.5. The number of Topliss-reactive ketones (excluding diaryl/α,β-unsaturated/α-hetero) is 1. The van der Waals surface area contributed by atoms with Crippen molar-refractivity contribution in [3.63, 3.8) is 0 Å². The molecular weight excluding hydrogens is 538 g/mol. The van der Waals surface area contributed by atoms with E-state index in [1.165, 1.54) is 0 Å². The van der Waals surface area contributed by atoms with Gasteiger partial charge in [0.2, 0.25) is 23.4 Å². The predicted molar refractivity (Wildman–Crippen MR) is 137 cm³/mol. The number of ether oxygens (including phenoxy) is 2. The lowest BCUT2D eigenvalue weighted by Crippen LogP contribution is -2.53. The fourth-order valence-electron chi connectivity index (χ4n) is 4.08.